The number of hydrogen-bond donors (Lipinski definition) is 0. The van der Waals surface area contributed by atoms with E-state index in [4.69, 9.17) is 0 Å². The van der Waals surface area contributed by atoms with Crippen LogP contribution >= 0.6 is 17.2 Å². The van der Waals surface area contributed by atoms with Gasteiger partial charge < -0.3 is 0 Å². The molecule has 2 heteroatoms. The third-order valence-electron chi connectivity index (χ3n) is 0.940. The molecule has 0 aliphatic carbocycles. The van der Waals surface area contributed by atoms with Gasteiger partial charge in [0.25, 0.3) is 0 Å². The smallest absolute Gasteiger partial charge is 0.0233 e. The minimum absolute atomic E-state index is 0.847. The third kappa shape index (κ3) is 1.54. The van der Waals surface area contributed by atoms with Gasteiger partial charge in [0.05, 0.1) is 0 Å². The van der Waals surface area contributed by atoms with Crippen molar-refractivity contribution in [3.8, 4) is 0 Å². The Morgan fingerprint density at radius 2 is 1.75 bits per heavy atom. The fraction of sp³-hybridized carbons (Fsp3) is 0. The van der Waals surface area contributed by atoms with Crippen LogP contribution in [0.2, 0.25) is 0 Å². The molecular formula is C6H8P2. The molecule has 0 bridgehead atoms. The van der Waals surface area contributed by atoms with Crippen molar-refractivity contribution in [3.05, 3.63) is 30.3 Å². The molecule has 0 spiro atoms. The summed E-state index contributed by atoms with van der Waals surface area (Å²) in [5, 5.41) is 1.40. The van der Waals surface area contributed by atoms with Gasteiger partial charge in [-0.3, -0.25) is 0 Å². The maximum absolute atomic E-state index is 2.72. The molecule has 0 nitrogen and oxygen atoms in total. The molecule has 8 heavy (non-hydrogen) atoms. The van der Waals surface area contributed by atoms with Crippen LogP contribution in [0.3, 0.4) is 0 Å². The average Bonchev–Trinajstić information content (AvgIpc) is 1.90. The lowest BCUT2D eigenvalue weighted by atomic mass is 10.4. The molecule has 0 fully saturated rings. The summed E-state index contributed by atoms with van der Waals surface area (Å²) in [6, 6.07) is 10.4. The first kappa shape index (κ1) is 6.20. The quantitative estimate of drug-likeness (QED) is 0.524. The molecule has 0 N–H and O–H groups in total. The summed E-state index contributed by atoms with van der Waals surface area (Å²) in [6.07, 6.45) is 0. The van der Waals surface area contributed by atoms with E-state index in [1.807, 2.05) is 6.07 Å². The van der Waals surface area contributed by atoms with Crippen LogP contribution in [0.5, 0.6) is 0 Å². The molecule has 0 radical (unpaired) electrons. The van der Waals surface area contributed by atoms with Gasteiger partial charge in [-0.2, -0.15) is 0 Å². The number of rotatable bonds is 1. The van der Waals surface area contributed by atoms with Gasteiger partial charge in [0.1, 0.15) is 0 Å². The Labute approximate surface area is 53.6 Å². The molecule has 0 aliphatic rings. The van der Waals surface area contributed by atoms with Crippen molar-refractivity contribution in [3.63, 3.8) is 0 Å². The molecule has 42 valence electrons. The first-order chi connectivity index (χ1) is 3.93. The lowest BCUT2D eigenvalue weighted by Gasteiger charge is -1.89. The van der Waals surface area contributed by atoms with Crippen LogP contribution < -0.4 is 5.30 Å². The summed E-state index contributed by atoms with van der Waals surface area (Å²) in [7, 11) is 3.57. The fourth-order valence-corrected chi connectivity index (χ4v) is 1.50. The second kappa shape index (κ2) is 3.17. The first-order valence-electron chi connectivity index (χ1n) is 2.45. The lowest BCUT2D eigenvalue weighted by molar-refractivity contribution is 1.78. The van der Waals surface area contributed by atoms with Gasteiger partial charge in [0, 0.05) is 0 Å². The minimum atomic E-state index is 0.847. The molecular weight excluding hydrogens is 134 g/mol. The summed E-state index contributed by atoms with van der Waals surface area (Å²) >= 11 is 0. The van der Waals surface area contributed by atoms with E-state index in [2.05, 4.69) is 33.2 Å². The molecule has 2 atom stereocenters. The fourth-order valence-electron chi connectivity index (χ4n) is 0.534. The Morgan fingerprint density at radius 3 is 2.12 bits per heavy atom. The molecule has 0 saturated heterocycles. The van der Waals surface area contributed by atoms with Crippen molar-refractivity contribution in [2.75, 3.05) is 0 Å². The highest BCUT2D eigenvalue weighted by Crippen LogP contribution is 2.17. The highest BCUT2D eigenvalue weighted by Gasteiger charge is 1.79. The monoisotopic (exact) mass is 142 g/mol. The third-order valence-corrected chi connectivity index (χ3v) is 2.61. The van der Waals surface area contributed by atoms with Crippen molar-refractivity contribution >= 4 is 22.5 Å². The van der Waals surface area contributed by atoms with Crippen molar-refractivity contribution in [1.29, 1.82) is 0 Å². The summed E-state index contributed by atoms with van der Waals surface area (Å²) in [6.45, 7) is 0. The van der Waals surface area contributed by atoms with Crippen LogP contribution in [0.4, 0.5) is 0 Å². The number of benzene rings is 1. The average molecular weight is 142 g/mol. The maximum Gasteiger partial charge on any atom is -0.0233 e. The Kier molecular flexibility index (Phi) is 2.46. The van der Waals surface area contributed by atoms with Gasteiger partial charge in [-0.15, -0.1) is 8.93 Å². The van der Waals surface area contributed by atoms with E-state index in [1.54, 1.807) is 0 Å². The maximum atomic E-state index is 2.72. The van der Waals surface area contributed by atoms with Crippen molar-refractivity contribution in [1.82, 2.24) is 0 Å². The van der Waals surface area contributed by atoms with Gasteiger partial charge in [0.2, 0.25) is 0 Å². The molecule has 1 aromatic rings. The van der Waals surface area contributed by atoms with Crippen LogP contribution in [0.1, 0.15) is 0 Å². The van der Waals surface area contributed by atoms with Crippen LogP contribution in [0, 0.1) is 0 Å². The van der Waals surface area contributed by atoms with Gasteiger partial charge in [-0.25, -0.2) is 0 Å². The summed E-state index contributed by atoms with van der Waals surface area (Å²) in [5.41, 5.74) is 0. The largest absolute Gasteiger partial charge is 0.110 e. The molecule has 0 aromatic heterocycles. The first-order valence-corrected chi connectivity index (χ1v) is 5.26. The predicted molar refractivity (Wildman–Crippen MR) is 44.1 cm³/mol. The standard InChI is InChI=1S/C6H8P2/c7-8-6-4-2-1-3-5-6/h1-5,8H,7H2. The van der Waals surface area contributed by atoms with Gasteiger partial charge in [-0.05, 0) is 5.30 Å². The van der Waals surface area contributed by atoms with E-state index in [0.717, 1.165) is 8.27 Å². The highest BCUT2D eigenvalue weighted by molar-refractivity contribution is 8.06. The van der Waals surface area contributed by atoms with Gasteiger partial charge in [0.15, 0.2) is 0 Å². The highest BCUT2D eigenvalue weighted by atomic mass is 32.0. The van der Waals surface area contributed by atoms with Crippen LogP contribution in [-0.2, 0) is 0 Å². The Morgan fingerprint density at radius 1 is 1.12 bits per heavy atom. The zero-order chi connectivity index (χ0) is 5.82. The van der Waals surface area contributed by atoms with E-state index in [-0.39, 0.29) is 0 Å². The lowest BCUT2D eigenvalue weighted by Crippen LogP contribution is -1.85. The second-order valence-electron chi connectivity index (χ2n) is 1.51. The molecule has 2 unspecified atom stereocenters. The van der Waals surface area contributed by atoms with E-state index in [9.17, 15) is 0 Å². The SMILES string of the molecule is PPc1ccccc1. The topological polar surface area (TPSA) is 0 Å². The van der Waals surface area contributed by atoms with Crippen molar-refractivity contribution in [2.45, 2.75) is 0 Å². The van der Waals surface area contributed by atoms with E-state index >= 15 is 0 Å². The van der Waals surface area contributed by atoms with E-state index in [0.29, 0.717) is 0 Å². The second-order valence-corrected chi connectivity index (χ2v) is 3.24. The van der Waals surface area contributed by atoms with Crippen LogP contribution in [0.15, 0.2) is 30.3 Å². The Hall–Kier alpha value is 0.0800. The minimum Gasteiger partial charge on any atom is -0.110 e. The molecule has 0 heterocycles. The Balaban J connectivity index is 2.83. The molecule has 1 aromatic carbocycles. The van der Waals surface area contributed by atoms with E-state index < -0.39 is 0 Å². The predicted octanol–water partition coefficient (Wildman–Crippen LogP) is 1.78. The summed E-state index contributed by atoms with van der Waals surface area (Å²) in [5.74, 6) is 0. The van der Waals surface area contributed by atoms with Crippen molar-refractivity contribution in [2.24, 2.45) is 0 Å². The van der Waals surface area contributed by atoms with Gasteiger partial charge >= 0.3 is 0 Å². The van der Waals surface area contributed by atoms with Crippen molar-refractivity contribution < 1.29 is 0 Å². The zero-order valence-electron chi connectivity index (χ0n) is 4.46. The van der Waals surface area contributed by atoms with E-state index in [1.165, 1.54) is 5.30 Å². The zero-order valence-corrected chi connectivity index (χ0v) is 6.62. The normalized spacial score (nSPS) is 10.6. The molecule has 0 saturated carbocycles. The Bertz CT molecular complexity index is 148. The molecule has 0 aliphatic heterocycles. The molecule has 0 amide bonds. The summed E-state index contributed by atoms with van der Waals surface area (Å²) in [4.78, 5) is 0. The molecule has 1 rings (SSSR count). The van der Waals surface area contributed by atoms with Crippen LogP contribution in [-0.4, -0.2) is 0 Å². The summed E-state index contributed by atoms with van der Waals surface area (Å²) < 4.78 is 0. The van der Waals surface area contributed by atoms with Crippen LogP contribution in [0.25, 0.3) is 0 Å². The number of hydrogen-bond acceptors (Lipinski definition) is 0. The van der Waals surface area contributed by atoms with Gasteiger partial charge in [-0.1, -0.05) is 38.6 Å².